The fourth-order valence-corrected chi connectivity index (χ4v) is 1.41. The SMILES string of the molecule is C=C(O/C(C)=C\C)C1=CCCCC1. The molecule has 0 saturated carbocycles. The van der Waals surface area contributed by atoms with Gasteiger partial charge in [-0.3, -0.25) is 0 Å². The molecule has 1 nitrogen and oxygen atoms in total. The van der Waals surface area contributed by atoms with E-state index in [-0.39, 0.29) is 0 Å². The van der Waals surface area contributed by atoms with Crippen molar-refractivity contribution in [1.82, 2.24) is 0 Å². The molecule has 0 spiro atoms. The zero-order valence-corrected chi connectivity index (χ0v) is 8.60. The molecule has 0 saturated heterocycles. The van der Waals surface area contributed by atoms with Crippen molar-refractivity contribution in [3.63, 3.8) is 0 Å². The van der Waals surface area contributed by atoms with Crippen molar-refractivity contribution in [2.45, 2.75) is 39.5 Å². The van der Waals surface area contributed by atoms with Crippen molar-refractivity contribution >= 4 is 0 Å². The lowest BCUT2D eigenvalue weighted by atomic mass is 9.99. The molecule has 1 aliphatic rings. The standard InChI is InChI=1S/C12H18O/c1-4-10(2)13-11(3)12-8-6-5-7-9-12/h4,8H,3,5-7,9H2,1-2H3/b10-4-. The quantitative estimate of drug-likeness (QED) is 0.595. The van der Waals surface area contributed by atoms with E-state index in [0.29, 0.717) is 0 Å². The van der Waals surface area contributed by atoms with E-state index < -0.39 is 0 Å². The fourth-order valence-electron chi connectivity index (χ4n) is 1.41. The van der Waals surface area contributed by atoms with Crippen LogP contribution in [0.4, 0.5) is 0 Å². The third-order valence-electron chi connectivity index (χ3n) is 2.34. The van der Waals surface area contributed by atoms with Crippen molar-refractivity contribution in [3.05, 3.63) is 35.8 Å². The van der Waals surface area contributed by atoms with Crippen LogP contribution in [-0.2, 0) is 4.74 Å². The molecule has 0 aromatic heterocycles. The van der Waals surface area contributed by atoms with E-state index in [9.17, 15) is 0 Å². The smallest absolute Gasteiger partial charge is 0.122 e. The van der Waals surface area contributed by atoms with Crippen molar-refractivity contribution in [3.8, 4) is 0 Å². The van der Waals surface area contributed by atoms with E-state index in [1.807, 2.05) is 19.9 Å². The van der Waals surface area contributed by atoms with Gasteiger partial charge in [-0.2, -0.15) is 0 Å². The largest absolute Gasteiger partial charge is 0.463 e. The van der Waals surface area contributed by atoms with Gasteiger partial charge in [0.1, 0.15) is 5.76 Å². The van der Waals surface area contributed by atoms with E-state index in [2.05, 4.69) is 12.7 Å². The van der Waals surface area contributed by atoms with Gasteiger partial charge in [-0.05, 0) is 51.2 Å². The van der Waals surface area contributed by atoms with Crippen LogP contribution in [0.25, 0.3) is 0 Å². The molecule has 1 heteroatoms. The summed E-state index contributed by atoms with van der Waals surface area (Å²) >= 11 is 0. The van der Waals surface area contributed by atoms with E-state index in [0.717, 1.165) is 17.9 Å². The van der Waals surface area contributed by atoms with Gasteiger partial charge in [0.05, 0.1) is 5.76 Å². The molecule has 0 amide bonds. The van der Waals surface area contributed by atoms with Gasteiger partial charge in [-0.15, -0.1) is 0 Å². The predicted molar refractivity (Wildman–Crippen MR) is 56.2 cm³/mol. The molecule has 0 atom stereocenters. The number of allylic oxidation sites excluding steroid dienone is 4. The minimum atomic E-state index is 0.829. The maximum absolute atomic E-state index is 5.54. The van der Waals surface area contributed by atoms with Crippen molar-refractivity contribution < 1.29 is 4.74 Å². The first kappa shape index (κ1) is 10.1. The monoisotopic (exact) mass is 178 g/mol. The average Bonchev–Trinajstić information content (AvgIpc) is 2.19. The molecule has 0 fully saturated rings. The van der Waals surface area contributed by atoms with E-state index >= 15 is 0 Å². The summed E-state index contributed by atoms with van der Waals surface area (Å²) in [6, 6.07) is 0. The lowest BCUT2D eigenvalue weighted by Crippen LogP contribution is -1.97. The van der Waals surface area contributed by atoms with Gasteiger partial charge in [0.15, 0.2) is 0 Å². The van der Waals surface area contributed by atoms with Crippen molar-refractivity contribution in [2.75, 3.05) is 0 Å². The first-order valence-electron chi connectivity index (χ1n) is 4.93. The van der Waals surface area contributed by atoms with Crippen LogP contribution in [0.2, 0.25) is 0 Å². The van der Waals surface area contributed by atoms with Crippen LogP contribution in [0.1, 0.15) is 39.5 Å². The second-order valence-electron chi connectivity index (χ2n) is 3.40. The zero-order chi connectivity index (χ0) is 9.68. The van der Waals surface area contributed by atoms with Gasteiger partial charge in [-0.1, -0.05) is 12.7 Å². The Bertz CT molecular complexity index is 246. The summed E-state index contributed by atoms with van der Waals surface area (Å²) in [5.41, 5.74) is 1.28. The Morgan fingerprint density at radius 3 is 2.85 bits per heavy atom. The van der Waals surface area contributed by atoms with Crippen LogP contribution in [-0.4, -0.2) is 0 Å². The first-order chi connectivity index (χ1) is 6.24. The summed E-state index contributed by atoms with van der Waals surface area (Å²) in [5, 5.41) is 0. The molecular formula is C12H18O. The van der Waals surface area contributed by atoms with Gasteiger partial charge in [-0.25, -0.2) is 0 Å². The summed E-state index contributed by atoms with van der Waals surface area (Å²) in [4.78, 5) is 0. The first-order valence-corrected chi connectivity index (χ1v) is 4.93. The van der Waals surface area contributed by atoms with E-state index in [1.165, 1.54) is 24.8 Å². The topological polar surface area (TPSA) is 9.23 Å². The molecule has 72 valence electrons. The Morgan fingerprint density at radius 1 is 1.54 bits per heavy atom. The normalized spacial score (nSPS) is 18.0. The molecule has 0 N–H and O–H groups in total. The van der Waals surface area contributed by atoms with Gasteiger partial charge in [0.2, 0.25) is 0 Å². The summed E-state index contributed by atoms with van der Waals surface area (Å²) in [7, 11) is 0. The number of ether oxygens (including phenoxy) is 1. The zero-order valence-electron chi connectivity index (χ0n) is 8.60. The highest BCUT2D eigenvalue weighted by Gasteiger charge is 2.08. The Balaban J connectivity index is 2.52. The molecule has 0 unspecified atom stereocenters. The summed E-state index contributed by atoms with van der Waals surface area (Å²) < 4.78 is 5.54. The molecule has 1 aliphatic carbocycles. The van der Waals surface area contributed by atoms with Crippen molar-refractivity contribution in [1.29, 1.82) is 0 Å². The van der Waals surface area contributed by atoms with Crippen LogP contribution in [0, 0.1) is 0 Å². The van der Waals surface area contributed by atoms with Crippen molar-refractivity contribution in [2.24, 2.45) is 0 Å². The Hall–Kier alpha value is -0.980. The number of hydrogen-bond donors (Lipinski definition) is 0. The molecule has 0 aliphatic heterocycles. The fraction of sp³-hybridized carbons (Fsp3) is 0.500. The molecule has 0 aromatic carbocycles. The maximum atomic E-state index is 5.54. The van der Waals surface area contributed by atoms with Gasteiger partial charge in [0, 0.05) is 0 Å². The van der Waals surface area contributed by atoms with E-state index in [4.69, 9.17) is 4.74 Å². The highest BCUT2D eigenvalue weighted by atomic mass is 16.5. The Labute approximate surface area is 80.8 Å². The number of rotatable bonds is 3. The Kier molecular flexibility index (Phi) is 3.81. The molecule has 0 bridgehead atoms. The highest BCUT2D eigenvalue weighted by molar-refractivity contribution is 5.25. The van der Waals surface area contributed by atoms with E-state index in [1.54, 1.807) is 0 Å². The summed E-state index contributed by atoms with van der Waals surface area (Å²) in [6.07, 6.45) is 9.06. The van der Waals surface area contributed by atoms with Crippen LogP contribution < -0.4 is 0 Å². The lowest BCUT2D eigenvalue weighted by molar-refractivity contribution is 0.313. The summed E-state index contributed by atoms with van der Waals surface area (Å²) in [6.45, 7) is 7.86. The lowest BCUT2D eigenvalue weighted by Gasteiger charge is -2.15. The van der Waals surface area contributed by atoms with Crippen LogP contribution in [0.15, 0.2) is 35.8 Å². The third-order valence-corrected chi connectivity index (χ3v) is 2.34. The average molecular weight is 178 g/mol. The molecular weight excluding hydrogens is 160 g/mol. The maximum Gasteiger partial charge on any atom is 0.122 e. The molecule has 0 aromatic rings. The molecule has 0 radical (unpaired) electrons. The van der Waals surface area contributed by atoms with Crippen LogP contribution in [0.3, 0.4) is 0 Å². The molecule has 13 heavy (non-hydrogen) atoms. The Morgan fingerprint density at radius 2 is 2.31 bits per heavy atom. The van der Waals surface area contributed by atoms with Gasteiger partial charge < -0.3 is 4.74 Å². The van der Waals surface area contributed by atoms with Crippen LogP contribution in [0.5, 0.6) is 0 Å². The minimum absolute atomic E-state index is 0.829. The molecule has 1 rings (SSSR count). The predicted octanol–water partition coefficient (Wildman–Crippen LogP) is 3.94. The second kappa shape index (κ2) is 4.90. The molecule has 0 heterocycles. The second-order valence-corrected chi connectivity index (χ2v) is 3.40. The third kappa shape index (κ3) is 3.10. The summed E-state index contributed by atoms with van der Waals surface area (Å²) in [5.74, 6) is 1.76. The number of hydrogen-bond acceptors (Lipinski definition) is 1. The van der Waals surface area contributed by atoms with Crippen LogP contribution >= 0.6 is 0 Å². The van der Waals surface area contributed by atoms with Gasteiger partial charge >= 0.3 is 0 Å². The van der Waals surface area contributed by atoms with Gasteiger partial charge in [0.25, 0.3) is 0 Å². The highest BCUT2D eigenvalue weighted by Crippen LogP contribution is 2.24. The minimum Gasteiger partial charge on any atom is -0.463 e.